The van der Waals surface area contributed by atoms with E-state index in [9.17, 15) is 0 Å². The summed E-state index contributed by atoms with van der Waals surface area (Å²) < 4.78 is 0. The molecule has 0 saturated carbocycles. The molecular formula is C102H74N4. The van der Waals surface area contributed by atoms with E-state index in [1.165, 1.54) is 44.5 Å². The Hall–Kier alpha value is -14.1. The number of hydrogen-bond acceptors (Lipinski definition) is 4. The Balaban J connectivity index is 0.615. The van der Waals surface area contributed by atoms with Crippen molar-refractivity contribution >= 4 is 68.2 Å². The van der Waals surface area contributed by atoms with Crippen molar-refractivity contribution < 1.29 is 0 Å². The lowest BCUT2D eigenvalue weighted by Crippen LogP contribution is -2.10. The largest absolute Gasteiger partial charge is 0.311 e. The summed E-state index contributed by atoms with van der Waals surface area (Å²) in [7, 11) is 0. The third kappa shape index (κ3) is 14.2. The molecule has 0 N–H and O–H groups in total. The van der Waals surface area contributed by atoms with Crippen LogP contribution < -0.4 is 19.6 Å². The van der Waals surface area contributed by atoms with Gasteiger partial charge in [-0.25, -0.2) is 0 Å². The van der Waals surface area contributed by atoms with Crippen molar-refractivity contribution in [3.63, 3.8) is 0 Å². The van der Waals surface area contributed by atoms with Gasteiger partial charge >= 0.3 is 0 Å². The fourth-order valence-corrected chi connectivity index (χ4v) is 14.4. The molecule has 0 radical (unpaired) electrons. The Labute approximate surface area is 621 Å². The first-order valence-electron chi connectivity index (χ1n) is 36.2. The average Bonchev–Trinajstić information content (AvgIpc) is 0.805. The molecule has 0 aromatic heterocycles. The van der Waals surface area contributed by atoms with Gasteiger partial charge in [-0.3, -0.25) is 0 Å². The molecule has 106 heavy (non-hydrogen) atoms. The van der Waals surface area contributed by atoms with Crippen molar-refractivity contribution in [1.29, 1.82) is 0 Å². The van der Waals surface area contributed by atoms with Crippen LogP contribution in [0.3, 0.4) is 0 Å². The van der Waals surface area contributed by atoms with Crippen LogP contribution in [0, 0.1) is 0 Å². The van der Waals surface area contributed by atoms with Gasteiger partial charge in [-0.05, 0) is 235 Å². The van der Waals surface area contributed by atoms with E-state index in [0.717, 1.165) is 113 Å². The summed E-state index contributed by atoms with van der Waals surface area (Å²) >= 11 is 0. The predicted octanol–water partition coefficient (Wildman–Crippen LogP) is 28.9. The molecular weight excluding hydrogens is 1280 g/mol. The first-order valence-corrected chi connectivity index (χ1v) is 36.2. The molecule has 0 atom stereocenters. The van der Waals surface area contributed by atoms with Crippen molar-refractivity contribution in [2.75, 3.05) is 19.6 Å². The maximum atomic E-state index is 2.35. The maximum absolute atomic E-state index is 2.35. The van der Waals surface area contributed by atoms with Gasteiger partial charge in [-0.15, -0.1) is 0 Å². The molecule has 17 aromatic carbocycles. The summed E-state index contributed by atoms with van der Waals surface area (Å²) in [6.45, 7) is 0. The Bertz CT molecular complexity index is 5310. The van der Waals surface area contributed by atoms with E-state index in [2.05, 4.69) is 469 Å². The lowest BCUT2D eigenvalue weighted by molar-refractivity contribution is 1.28. The van der Waals surface area contributed by atoms with Crippen molar-refractivity contribution in [3.8, 4) is 89.0 Å². The van der Waals surface area contributed by atoms with Gasteiger partial charge in [-0.1, -0.05) is 303 Å². The zero-order valence-corrected chi connectivity index (χ0v) is 58.5. The van der Waals surface area contributed by atoms with E-state index >= 15 is 0 Å². The lowest BCUT2D eigenvalue weighted by Gasteiger charge is -2.26. The molecule has 4 nitrogen and oxygen atoms in total. The topological polar surface area (TPSA) is 13.0 Å². The zero-order valence-electron chi connectivity index (χ0n) is 58.5. The van der Waals surface area contributed by atoms with Crippen molar-refractivity contribution in [2.45, 2.75) is 0 Å². The molecule has 0 aliphatic carbocycles. The van der Waals surface area contributed by atoms with Crippen LogP contribution in [0.2, 0.25) is 0 Å². The van der Waals surface area contributed by atoms with Gasteiger partial charge in [0.05, 0.1) is 0 Å². The molecule has 4 heteroatoms. The molecule has 0 unspecified atom stereocenters. The second-order valence-corrected chi connectivity index (χ2v) is 26.5. The minimum Gasteiger partial charge on any atom is -0.311 e. The first-order chi connectivity index (χ1) is 52.5. The number of anilines is 12. The Morgan fingerprint density at radius 2 is 0.160 bits per heavy atom. The summed E-state index contributed by atoms with van der Waals surface area (Å²) in [6, 6.07) is 162. The third-order valence-corrected chi connectivity index (χ3v) is 19.9. The van der Waals surface area contributed by atoms with Gasteiger partial charge in [0.1, 0.15) is 0 Å². The molecule has 502 valence electrons. The van der Waals surface area contributed by atoms with Crippen molar-refractivity contribution in [2.24, 2.45) is 0 Å². The summed E-state index contributed by atoms with van der Waals surface area (Å²) in [5.41, 5.74) is 31.7. The predicted molar refractivity (Wildman–Crippen MR) is 449 cm³/mol. The van der Waals surface area contributed by atoms with Crippen LogP contribution in [0.1, 0.15) is 0 Å². The minimum absolute atomic E-state index is 1.07. The molecule has 0 amide bonds. The molecule has 0 spiro atoms. The normalized spacial score (nSPS) is 11.0. The molecule has 0 fully saturated rings. The third-order valence-electron chi connectivity index (χ3n) is 19.9. The number of benzene rings is 17. The van der Waals surface area contributed by atoms with Crippen LogP contribution in [0.4, 0.5) is 68.2 Å². The number of hydrogen-bond donors (Lipinski definition) is 0. The van der Waals surface area contributed by atoms with Gasteiger partial charge in [0.15, 0.2) is 0 Å². The smallest absolute Gasteiger partial charge is 0.0462 e. The van der Waals surface area contributed by atoms with Crippen molar-refractivity contribution in [1.82, 2.24) is 0 Å². The zero-order chi connectivity index (χ0) is 70.8. The van der Waals surface area contributed by atoms with Gasteiger partial charge < -0.3 is 19.6 Å². The second kappa shape index (κ2) is 30.3. The van der Waals surface area contributed by atoms with E-state index in [4.69, 9.17) is 0 Å². The van der Waals surface area contributed by atoms with Crippen LogP contribution in [-0.2, 0) is 0 Å². The highest BCUT2D eigenvalue weighted by atomic mass is 15.2. The molecule has 0 saturated heterocycles. The number of para-hydroxylation sites is 2. The quantitative estimate of drug-likeness (QED) is 0.0754. The second-order valence-electron chi connectivity index (χ2n) is 26.5. The Kier molecular flexibility index (Phi) is 18.6. The number of rotatable bonds is 20. The average molecular weight is 1360 g/mol. The van der Waals surface area contributed by atoms with E-state index in [1.54, 1.807) is 0 Å². The monoisotopic (exact) mass is 1350 g/mol. The van der Waals surface area contributed by atoms with E-state index in [1.807, 2.05) is 0 Å². The molecule has 17 rings (SSSR count). The minimum atomic E-state index is 1.07. The standard InChI is InChI=1S/C102H74N4/c1-7-19-75(20-8-1)81-35-55-93(56-36-81)103(91-27-15-5-16-28-91)95-63-47-87(48-64-95)89-51-71-101(72-52-89)105(97-59-39-83(40-60-97)77-23-11-3-12-24-77)99-67-43-85(44-68-99)79-31-33-80(34-32-79)86-45-69-100(70-46-86)106(98-61-41-84(42-62-98)78-25-13-4-14-26-78)102-73-53-90(54-74-102)88-49-65-96(66-50-88)104(92-29-17-6-18-30-92)94-57-37-82(38-58-94)76-21-9-2-10-22-76/h1-74H. The van der Waals surface area contributed by atoms with E-state index in [0.29, 0.717) is 0 Å². The lowest BCUT2D eigenvalue weighted by atomic mass is 9.99. The highest BCUT2D eigenvalue weighted by Crippen LogP contribution is 2.44. The number of nitrogens with zero attached hydrogens (tertiary/aromatic N) is 4. The molecule has 0 aliphatic rings. The van der Waals surface area contributed by atoms with E-state index in [-0.39, 0.29) is 0 Å². The summed E-state index contributed by atoms with van der Waals surface area (Å²) in [5.74, 6) is 0. The summed E-state index contributed by atoms with van der Waals surface area (Å²) in [4.78, 5) is 9.34. The fourth-order valence-electron chi connectivity index (χ4n) is 14.4. The highest BCUT2D eigenvalue weighted by Gasteiger charge is 2.20. The Morgan fingerprint density at radius 1 is 0.0755 bits per heavy atom. The highest BCUT2D eigenvalue weighted by molar-refractivity contribution is 5.87. The first kappa shape index (κ1) is 65.3. The van der Waals surface area contributed by atoms with Crippen molar-refractivity contribution in [3.05, 3.63) is 449 Å². The van der Waals surface area contributed by atoms with Gasteiger partial charge in [-0.2, -0.15) is 0 Å². The molecule has 17 aromatic rings. The van der Waals surface area contributed by atoms with Crippen LogP contribution >= 0.6 is 0 Å². The van der Waals surface area contributed by atoms with Gasteiger partial charge in [0.25, 0.3) is 0 Å². The fraction of sp³-hybridized carbons (Fsp3) is 0. The van der Waals surface area contributed by atoms with Crippen LogP contribution in [-0.4, -0.2) is 0 Å². The molecule has 0 heterocycles. The van der Waals surface area contributed by atoms with E-state index < -0.39 is 0 Å². The van der Waals surface area contributed by atoms with Gasteiger partial charge in [0, 0.05) is 68.2 Å². The van der Waals surface area contributed by atoms with Crippen LogP contribution in [0.25, 0.3) is 89.0 Å². The van der Waals surface area contributed by atoms with Gasteiger partial charge in [0.2, 0.25) is 0 Å². The summed E-state index contributed by atoms with van der Waals surface area (Å²) in [6.07, 6.45) is 0. The summed E-state index contributed by atoms with van der Waals surface area (Å²) in [5, 5.41) is 0. The van der Waals surface area contributed by atoms with Crippen LogP contribution in [0.15, 0.2) is 449 Å². The Morgan fingerprint density at radius 3 is 0.283 bits per heavy atom. The molecule has 0 bridgehead atoms. The molecule has 0 aliphatic heterocycles. The van der Waals surface area contributed by atoms with Crippen LogP contribution in [0.5, 0.6) is 0 Å². The SMILES string of the molecule is c1ccc(-c2ccc(N(c3ccccc3)c3ccc(-c4ccc(N(c5ccc(-c6ccccc6)cc5)c5ccc(-c6ccc(-c7ccc(N(c8ccc(-c9ccccc9)cc8)c8ccc(-c9ccc(N(c%10ccccc%10)c%10ccc(-c%11ccccc%11)cc%10)cc9)cc8)cc7)cc6)cc5)cc4)cc3)cc2)cc1. The maximum Gasteiger partial charge on any atom is 0.0462 e.